The molecule has 0 amide bonds. The van der Waals surface area contributed by atoms with Gasteiger partial charge >= 0.3 is 6.01 Å². The topological polar surface area (TPSA) is 101 Å². The highest BCUT2D eigenvalue weighted by molar-refractivity contribution is 9.10. The summed E-state index contributed by atoms with van der Waals surface area (Å²) in [6.45, 7) is 2.97. The average molecular weight is 518 g/mol. The highest BCUT2D eigenvalue weighted by Gasteiger charge is 2.39. The van der Waals surface area contributed by atoms with Crippen LogP contribution in [-0.2, 0) is 0 Å². The van der Waals surface area contributed by atoms with E-state index in [1.807, 2.05) is 18.2 Å². The molecule has 1 saturated carbocycles. The summed E-state index contributed by atoms with van der Waals surface area (Å²) in [6.07, 6.45) is 7.09. The van der Waals surface area contributed by atoms with Crippen LogP contribution in [0.15, 0.2) is 41.4 Å². The second kappa shape index (κ2) is 8.99. The number of rotatable bonds is 9. The van der Waals surface area contributed by atoms with Crippen molar-refractivity contribution in [1.82, 2.24) is 19.9 Å². The summed E-state index contributed by atoms with van der Waals surface area (Å²) in [4.78, 5) is 17.0. The number of nitrogens with one attached hydrogen (secondary N) is 1. The van der Waals surface area contributed by atoms with E-state index in [9.17, 15) is 0 Å². The van der Waals surface area contributed by atoms with Gasteiger partial charge in [0.05, 0.1) is 10.0 Å². The summed E-state index contributed by atoms with van der Waals surface area (Å²) in [6, 6.07) is 6.02. The van der Waals surface area contributed by atoms with Crippen LogP contribution >= 0.6 is 27.9 Å². The van der Waals surface area contributed by atoms with Crippen molar-refractivity contribution in [2.45, 2.75) is 24.5 Å². The number of ether oxygens (including phenoxy) is 4. The molecule has 166 valence electrons. The molecular weight excluding hydrogens is 498 g/mol. The Balaban J connectivity index is 1.35. The van der Waals surface area contributed by atoms with E-state index in [2.05, 4.69) is 47.5 Å². The van der Waals surface area contributed by atoms with Crippen LogP contribution < -0.4 is 23.7 Å². The normalized spacial score (nSPS) is 15.3. The van der Waals surface area contributed by atoms with Crippen LogP contribution in [0.25, 0.3) is 11.1 Å². The SMILES string of the molecule is CC1(SNc2ncnc(OCCOc3ncc(Br)cn3)c2-c2ccc3c(c2)OCO3)CC1. The first-order valence-corrected chi connectivity index (χ1v) is 11.6. The number of hydrogen-bond donors (Lipinski definition) is 1. The van der Waals surface area contributed by atoms with Crippen LogP contribution in [0.3, 0.4) is 0 Å². The molecule has 0 spiro atoms. The Morgan fingerprint density at radius 1 is 1.06 bits per heavy atom. The van der Waals surface area contributed by atoms with E-state index in [0.717, 1.165) is 15.6 Å². The molecule has 9 nitrogen and oxygen atoms in total. The molecule has 0 atom stereocenters. The minimum absolute atomic E-state index is 0.211. The molecule has 0 unspecified atom stereocenters. The van der Waals surface area contributed by atoms with Gasteiger partial charge in [0.15, 0.2) is 17.3 Å². The molecular formula is C21H20BrN5O4S. The molecule has 1 aromatic carbocycles. The summed E-state index contributed by atoms with van der Waals surface area (Å²) in [7, 11) is 0. The fourth-order valence-corrected chi connectivity index (χ4v) is 3.97. The maximum atomic E-state index is 5.98. The van der Waals surface area contributed by atoms with Gasteiger partial charge < -0.3 is 23.7 Å². The van der Waals surface area contributed by atoms with Crippen molar-refractivity contribution >= 4 is 33.7 Å². The van der Waals surface area contributed by atoms with Crippen LogP contribution in [-0.4, -0.2) is 44.7 Å². The van der Waals surface area contributed by atoms with Crippen LogP contribution in [0.1, 0.15) is 19.8 Å². The maximum Gasteiger partial charge on any atom is 0.316 e. The van der Waals surface area contributed by atoms with Gasteiger partial charge in [-0.3, -0.25) is 0 Å². The molecule has 0 radical (unpaired) electrons. The van der Waals surface area contributed by atoms with Gasteiger partial charge in [-0.2, -0.15) is 0 Å². The van der Waals surface area contributed by atoms with E-state index in [4.69, 9.17) is 18.9 Å². The maximum absolute atomic E-state index is 5.98. The van der Waals surface area contributed by atoms with Gasteiger partial charge in [0.2, 0.25) is 12.7 Å². The lowest BCUT2D eigenvalue weighted by Gasteiger charge is -2.16. The predicted molar refractivity (Wildman–Crippen MR) is 123 cm³/mol. The number of halogens is 1. The summed E-state index contributed by atoms with van der Waals surface area (Å²) in [5.41, 5.74) is 1.62. The van der Waals surface area contributed by atoms with Crippen molar-refractivity contribution in [2.24, 2.45) is 0 Å². The molecule has 1 N–H and O–H groups in total. The summed E-state index contributed by atoms with van der Waals surface area (Å²) >= 11 is 4.97. The van der Waals surface area contributed by atoms with Gasteiger partial charge in [-0.25, -0.2) is 19.9 Å². The van der Waals surface area contributed by atoms with E-state index < -0.39 is 0 Å². The molecule has 0 bridgehead atoms. The molecule has 11 heteroatoms. The van der Waals surface area contributed by atoms with E-state index in [1.54, 1.807) is 24.3 Å². The lowest BCUT2D eigenvalue weighted by Crippen LogP contribution is -2.12. The van der Waals surface area contributed by atoms with E-state index >= 15 is 0 Å². The van der Waals surface area contributed by atoms with Crippen molar-refractivity contribution in [1.29, 1.82) is 0 Å². The van der Waals surface area contributed by atoms with Crippen LogP contribution in [0.2, 0.25) is 0 Å². The zero-order valence-corrected chi connectivity index (χ0v) is 19.6. The minimum Gasteiger partial charge on any atom is -0.473 e. The van der Waals surface area contributed by atoms with Gasteiger partial charge in [-0.05, 0) is 65.3 Å². The third-order valence-electron chi connectivity index (χ3n) is 4.97. The fourth-order valence-electron chi connectivity index (χ4n) is 2.96. The van der Waals surface area contributed by atoms with Gasteiger partial charge in [0, 0.05) is 17.1 Å². The lowest BCUT2D eigenvalue weighted by atomic mass is 10.1. The lowest BCUT2D eigenvalue weighted by molar-refractivity contribution is 0.174. The number of aromatic nitrogens is 4. The molecule has 3 heterocycles. The van der Waals surface area contributed by atoms with Gasteiger partial charge in [-0.15, -0.1) is 0 Å². The Kier molecular flexibility index (Phi) is 5.92. The molecule has 0 saturated heterocycles. The highest BCUT2D eigenvalue weighted by Crippen LogP contribution is 2.49. The van der Waals surface area contributed by atoms with E-state index in [0.29, 0.717) is 23.2 Å². The Morgan fingerprint density at radius 3 is 2.66 bits per heavy atom. The van der Waals surface area contributed by atoms with Gasteiger partial charge in [0.25, 0.3) is 0 Å². The number of anilines is 1. The fraction of sp³-hybridized carbons (Fsp3) is 0.333. The van der Waals surface area contributed by atoms with Crippen LogP contribution in [0.5, 0.6) is 23.4 Å². The first-order valence-electron chi connectivity index (χ1n) is 10.0. The number of hydrogen-bond acceptors (Lipinski definition) is 10. The molecule has 3 aromatic rings. The molecule has 1 aliphatic heterocycles. The third-order valence-corrected chi connectivity index (χ3v) is 6.58. The Labute approximate surface area is 197 Å². The third kappa shape index (κ3) is 4.83. The first-order chi connectivity index (χ1) is 15.6. The van der Waals surface area contributed by atoms with Crippen molar-refractivity contribution in [3.63, 3.8) is 0 Å². The van der Waals surface area contributed by atoms with Crippen LogP contribution in [0.4, 0.5) is 5.82 Å². The predicted octanol–water partition coefficient (Wildman–Crippen LogP) is 4.50. The second-order valence-electron chi connectivity index (χ2n) is 7.51. The Hall–Kier alpha value is -2.79. The van der Waals surface area contributed by atoms with Crippen LogP contribution in [0, 0.1) is 0 Å². The quantitative estimate of drug-likeness (QED) is 0.322. The van der Waals surface area contributed by atoms with Crippen molar-refractivity contribution < 1.29 is 18.9 Å². The number of fused-ring (bicyclic) bond motifs is 1. The Bertz CT molecular complexity index is 1110. The van der Waals surface area contributed by atoms with Gasteiger partial charge in [-0.1, -0.05) is 6.07 Å². The van der Waals surface area contributed by atoms with Crippen molar-refractivity contribution in [3.05, 3.63) is 41.4 Å². The summed E-state index contributed by atoms with van der Waals surface area (Å²) in [5, 5.41) is 0. The minimum atomic E-state index is 0.211. The average Bonchev–Trinajstić information content (AvgIpc) is 3.36. The smallest absolute Gasteiger partial charge is 0.316 e. The highest BCUT2D eigenvalue weighted by atomic mass is 79.9. The molecule has 1 aliphatic carbocycles. The zero-order valence-electron chi connectivity index (χ0n) is 17.2. The number of benzene rings is 1. The van der Waals surface area contributed by atoms with E-state index in [-0.39, 0.29) is 30.8 Å². The van der Waals surface area contributed by atoms with Gasteiger partial charge in [0.1, 0.15) is 19.5 Å². The largest absolute Gasteiger partial charge is 0.473 e. The number of nitrogens with zero attached hydrogens (tertiary/aromatic N) is 4. The van der Waals surface area contributed by atoms with Crippen molar-refractivity contribution in [3.8, 4) is 34.5 Å². The summed E-state index contributed by atoms with van der Waals surface area (Å²) < 4.78 is 27.0. The molecule has 2 aliphatic rings. The monoisotopic (exact) mass is 517 g/mol. The standard InChI is InChI=1S/C21H20BrN5O4S/c1-21(4-5-21)32-27-18-17(13-2-3-15-16(8-13)31-12-30-15)19(26-11-25-18)28-6-7-29-20-23-9-14(22)10-24-20/h2-3,8-11H,4-7,12H2,1H3,(H,25,26,27). The molecule has 1 fully saturated rings. The molecule has 32 heavy (non-hydrogen) atoms. The zero-order chi connectivity index (χ0) is 22.0. The molecule has 5 rings (SSSR count). The molecule has 2 aromatic heterocycles. The Morgan fingerprint density at radius 2 is 1.84 bits per heavy atom. The van der Waals surface area contributed by atoms with E-state index in [1.165, 1.54) is 19.2 Å². The first kappa shape index (κ1) is 21.1. The van der Waals surface area contributed by atoms with Crippen molar-refractivity contribution in [2.75, 3.05) is 24.7 Å². The summed E-state index contributed by atoms with van der Waals surface area (Å²) in [5.74, 6) is 2.53. The second-order valence-corrected chi connectivity index (χ2v) is 9.81.